The van der Waals surface area contributed by atoms with Crippen molar-refractivity contribution in [2.24, 2.45) is 23.7 Å². The normalized spacial score (nSPS) is 16.8. The predicted octanol–water partition coefficient (Wildman–Crippen LogP) is 6.69. The fourth-order valence-corrected chi connectivity index (χ4v) is 3.11. The Labute approximate surface area is 117 Å². The van der Waals surface area contributed by atoms with Gasteiger partial charge in [0.25, 0.3) is 0 Å². The lowest BCUT2D eigenvalue weighted by Crippen LogP contribution is -2.20. The van der Waals surface area contributed by atoms with Crippen molar-refractivity contribution >= 4 is 0 Å². The van der Waals surface area contributed by atoms with Crippen molar-refractivity contribution in [1.82, 2.24) is 0 Å². The zero-order valence-corrected chi connectivity index (χ0v) is 14.0. The van der Waals surface area contributed by atoms with Crippen LogP contribution in [0.25, 0.3) is 0 Å². The first-order valence-corrected chi connectivity index (χ1v) is 8.56. The summed E-state index contributed by atoms with van der Waals surface area (Å²) in [5, 5.41) is 0. The second kappa shape index (κ2) is 10.9. The van der Waals surface area contributed by atoms with E-state index in [2.05, 4.69) is 41.5 Å². The maximum atomic E-state index is 2.48. The lowest BCUT2D eigenvalue weighted by molar-refractivity contribution is 0.206. The first-order valence-electron chi connectivity index (χ1n) is 8.56. The highest BCUT2D eigenvalue weighted by Crippen LogP contribution is 2.33. The Morgan fingerprint density at radius 2 is 1.44 bits per heavy atom. The highest BCUT2D eigenvalue weighted by Gasteiger charge is 2.22. The Morgan fingerprint density at radius 1 is 0.778 bits per heavy atom. The van der Waals surface area contributed by atoms with Crippen LogP contribution >= 0.6 is 0 Å². The molecule has 0 aliphatic heterocycles. The molecule has 0 fully saturated rings. The van der Waals surface area contributed by atoms with Gasteiger partial charge in [0.1, 0.15) is 0 Å². The second-order valence-electron chi connectivity index (χ2n) is 6.66. The topological polar surface area (TPSA) is 0 Å². The minimum atomic E-state index is 0.842. The molecule has 0 N–H and O–H groups in total. The molecule has 0 radical (unpaired) electrons. The van der Waals surface area contributed by atoms with Crippen LogP contribution < -0.4 is 0 Å². The van der Waals surface area contributed by atoms with Crippen molar-refractivity contribution in [3.05, 3.63) is 0 Å². The maximum absolute atomic E-state index is 2.48. The Hall–Kier alpha value is 0. The molecule has 3 unspecified atom stereocenters. The molecule has 0 heterocycles. The quantitative estimate of drug-likeness (QED) is 0.360. The summed E-state index contributed by atoms with van der Waals surface area (Å²) < 4.78 is 0. The van der Waals surface area contributed by atoms with Crippen molar-refractivity contribution in [1.29, 1.82) is 0 Å². The second-order valence-corrected chi connectivity index (χ2v) is 6.66. The van der Waals surface area contributed by atoms with Crippen LogP contribution in [0, 0.1) is 23.7 Å². The number of unbranched alkanes of at least 4 members (excludes halogenated alkanes) is 2. The molecule has 0 amide bonds. The van der Waals surface area contributed by atoms with E-state index >= 15 is 0 Å². The van der Waals surface area contributed by atoms with Gasteiger partial charge in [0.2, 0.25) is 0 Å². The first kappa shape index (κ1) is 18.0. The molecule has 0 aromatic heterocycles. The fraction of sp³-hybridized carbons (Fsp3) is 1.00. The van der Waals surface area contributed by atoms with Gasteiger partial charge in [-0.05, 0) is 30.1 Å². The SMILES string of the molecule is CCCCCC(CC)CC(CCC)C(C)C(C)C. The molecule has 0 bridgehead atoms. The molecule has 0 saturated carbocycles. The van der Waals surface area contributed by atoms with E-state index < -0.39 is 0 Å². The Morgan fingerprint density at radius 3 is 1.89 bits per heavy atom. The van der Waals surface area contributed by atoms with Gasteiger partial charge >= 0.3 is 0 Å². The summed E-state index contributed by atoms with van der Waals surface area (Å²) in [6.07, 6.45) is 11.4. The van der Waals surface area contributed by atoms with Crippen molar-refractivity contribution in [2.45, 2.75) is 92.9 Å². The fourth-order valence-electron chi connectivity index (χ4n) is 3.11. The van der Waals surface area contributed by atoms with E-state index in [0.717, 1.165) is 23.7 Å². The van der Waals surface area contributed by atoms with E-state index in [9.17, 15) is 0 Å². The van der Waals surface area contributed by atoms with Gasteiger partial charge in [0.15, 0.2) is 0 Å². The first-order chi connectivity index (χ1) is 8.56. The van der Waals surface area contributed by atoms with Crippen LogP contribution in [0.15, 0.2) is 0 Å². The van der Waals surface area contributed by atoms with Crippen molar-refractivity contribution in [3.8, 4) is 0 Å². The summed E-state index contributed by atoms with van der Waals surface area (Å²) in [7, 11) is 0. The van der Waals surface area contributed by atoms with E-state index in [1.165, 1.54) is 51.4 Å². The van der Waals surface area contributed by atoms with Crippen LogP contribution in [0.5, 0.6) is 0 Å². The van der Waals surface area contributed by atoms with Crippen LogP contribution in [0.1, 0.15) is 92.9 Å². The highest BCUT2D eigenvalue weighted by atomic mass is 14.3. The smallest absolute Gasteiger partial charge is 0.0384 e. The van der Waals surface area contributed by atoms with Crippen molar-refractivity contribution < 1.29 is 0 Å². The zero-order chi connectivity index (χ0) is 14.0. The van der Waals surface area contributed by atoms with E-state index in [0.29, 0.717) is 0 Å². The monoisotopic (exact) mass is 254 g/mol. The third-order valence-electron chi connectivity index (χ3n) is 4.88. The van der Waals surface area contributed by atoms with Crippen LogP contribution in [0.4, 0.5) is 0 Å². The largest absolute Gasteiger partial charge is 0.0654 e. The Bertz CT molecular complexity index is 171. The predicted molar refractivity (Wildman–Crippen MR) is 84.9 cm³/mol. The molecule has 0 nitrogen and oxygen atoms in total. The summed E-state index contributed by atoms with van der Waals surface area (Å²) in [6, 6.07) is 0. The number of hydrogen-bond acceptors (Lipinski definition) is 0. The van der Waals surface area contributed by atoms with Gasteiger partial charge in [-0.2, -0.15) is 0 Å². The van der Waals surface area contributed by atoms with Crippen LogP contribution in [-0.4, -0.2) is 0 Å². The van der Waals surface area contributed by atoms with Gasteiger partial charge in [0, 0.05) is 0 Å². The summed E-state index contributed by atoms with van der Waals surface area (Å²) in [5.74, 6) is 3.68. The van der Waals surface area contributed by atoms with E-state index in [4.69, 9.17) is 0 Å². The molecular weight excluding hydrogens is 216 g/mol. The molecule has 3 atom stereocenters. The van der Waals surface area contributed by atoms with Gasteiger partial charge in [0.05, 0.1) is 0 Å². The number of rotatable bonds is 11. The van der Waals surface area contributed by atoms with Crippen molar-refractivity contribution in [3.63, 3.8) is 0 Å². The molecule has 18 heavy (non-hydrogen) atoms. The molecule has 0 aromatic rings. The lowest BCUT2D eigenvalue weighted by atomic mass is 9.76. The minimum Gasteiger partial charge on any atom is -0.0654 e. The van der Waals surface area contributed by atoms with Crippen LogP contribution in [0.2, 0.25) is 0 Å². The summed E-state index contributed by atoms with van der Waals surface area (Å²) in [4.78, 5) is 0. The average molecular weight is 255 g/mol. The molecule has 0 rings (SSSR count). The van der Waals surface area contributed by atoms with Crippen LogP contribution in [0.3, 0.4) is 0 Å². The Balaban J connectivity index is 4.24. The van der Waals surface area contributed by atoms with E-state index in [-0.39, 0.29) is 0 Å². The summed E-state index contributed by atoms with van der Waals surface area (Å²) in [5.41, 5.74) is 0. The zero-order valence-electron chi connectivity index (χ0n) is 14.0. The van der Waals surface area contributed by atoms with Crippen molar-refractivity contribution in [2.75, 3.05) is 0 Å². The van der Waals surface area contributed by atoms with Gasteiger partial charge in [-0.3, -0.25) is 0 Å². The average Bonchev–Trinajstić information content (AvgIpc) is 2.35. The number of hydrogen-bond donors (Lipinski definition) is 0. The standard InChI is InChI=1S/C18H38/c1-7-10-11-13-17(9-3)14-18(12-8-2)16(6)15(4)5/h15-18H,7-14H2,1-6H3. The van der Waals surface area contributed by atoms with Gasteiger partial charge in [-0.15, -0.1) is 0 Å². The molecular formula is C18H38. The molecule has 0 aromatic carbocycles. The third kappa shape index (κ3) is 7.44. The molecule has 110 valence electrons. The lowest BCUT2D eigenvalue weighted by Gasteiger charge is -2.30. The highest BCUT2D eigenvalue weighted by molar-refractivity contribution is 4.73. The minimum absolute atomic E-state index is 0.842. The molecule has 0 heteroatoms. The Kier molecular flexibility index (Phi) is 10.9. The van der Waals surface area contributed by atoms with Gasteiger partial charge in [-0.25, -0.2) is 0 Å². The van der Waals surface area contributed by atoms with Gasteiger partial charge in [-0.1, -0.05) is 86.5 Å². The molecule has 0 saturated heterocycles. The maximum Gasteiger partial charge on any atom is -0.0384 e. The summed E-state index contributed by atoms with van der Waals surface area (Å²) >= 11 is 0. The molecule has 0 aliphatic rings. The van der Waals surface area contributed by atoms with E-state index in [1.807, 2.05) is 0 Å². The third-order valence-corrected chi connectivity index (χ3v) is 4.88. The van der Waals surface area contributed by atoms with E-state index in [1.54, 1.807) is 0 Å². The molecule has 0 spiro atoms. The van der Waals surface area contributed by atoms with Crippen LogP contribution in [-0.2, 0) is 0 Å². The van der Waals surface area contributed by atoms with Gasteiger partial charge < -0.3 is 0 Å². The molecule has 0 aliphatic carbocycles. The summed E-state index contributed by atoms with van der Waals surface area (Å²) in [6.45, 7) is 14.3.